The summed E-state index contributed by atoms with van der Waals surface area (Å²) in [7, 11) is 3.28. The molecule has 148 valence electrons. The Balaban J connectivity index is 2.12. The van der Waals surface area contributed by atoms with Gasteiger partial charge in [0, 0.05) is 26.7 Å². The monoisotopic (exact) mass is 401 g/mol. The standard InChI is InChI=1S/C21H24ClN3O3/c1-13-5-7-15(8-6-13)19(23-14(2)26)12-20(27)24-16-9-10-17(18(22)11-16)21(28)25(3)4/h5-11,19H,12H2,1-4H3,(H,23,26)(H,24,27). The fraction of sp³-hybridized carbons (Fsp3) is 0.286. The highest BCUT2D eigenvalue weighted by atomic mass is 35.5. The first-order valence-corrected chi connectivity index (χ1v) is 9.20. The minimum Gasteiger partial charge on any atom is -0.349 e. The van der Waals surface area contributed by atoms with Gasteiger partial charge in [-0.3, -0.25) is 14.4 Å². The van der Waals surface area contributed by atoms with E-state index in [4.69, 9.17) is 11.6 Å². The van der Waals surface area contributed by atoms with Crippen molar-refractivity contribution in [3.05, 3.63) is 64.2 Å². The molecule has 0 bridgehead atoms. The number of aryl methyl sites for hydroxylation is 1. The Morgan fingerprint density at radius 2 is 1.71 bits per heavy atom. The first-order chi connectivity index (χ1) is 13.2. The summed E-state index contributed by atoms with van der Waals surface area (Å²) in [5.41, 5.74) is 2.79. The smallest absolute Gasteiger partial charge is 0.254 e. The second-order valence-electron chi connectivity index (χ2n) is 6.81. The molecule has 0 aliphatic carbocycles. The number of halogens is 1. The van der Waals surface area contributed by atoms with E-state index in [2.05, 4.69) is 10.6 Å². The van der Waals surface area contributed by atoms with Crippen LogP contribution in [0.5, 0.6) is 0 Å². The van der Waals surface area contributed by atoms with E-state index in [-0.39, 0.29) is 29.2 Å². The van der Waals surface area contributed by atoms with Gasteiger partial charge in [-0.05, 0) is 30.7 Å². The third-order valence-electron chi connectivity index (χ3n) is 4.14. The van der Waals surface area contributed by atoms with Gasteiger partial charge in [-0.25, -0.2) is 0 Å². The van der Waals surface area contributed by atoms with Gasteiger partial charge in [0.2, 0.25) is 11.8 Å². The average molecular weight is 402 g/mol. The van der Waals surface area contributed by atoms with Crippen LogP contribution in [0.25, 0.3) is 0 Å². The van der Waals surface area contributed by atoms with E-state index in [1.165, 1.54) is 17.9 Å². The summed E-state index contributed by atoms with van der Waals surface area (Å²) in [4.78, 5) is 37.5. The Bertz CT molecular complexity index is 879. The molecule has 2 N–H and O–H groups in total. The van der Waals surface area contributed by atoms with E-state index in [1.54, 1.807) is 26.2 Å². The van der Waals surface area contributed by atoms with Crippen molar-refractivity contribution in [3.8, 4) is 0 Å². The summed E-state index contributed by atoms with van der Waals surface area (Å²) in [5.74, 6) is -0.706. The number of nitrogens with one attached hydrogen (secondary N) is 2. The van der Waals surface area contributed by atoms with Gasteiger partial charge in [-0.15, -0.1) is 0 Å². The van der Waals surface area contributed by atoms with Crippen LogP contribution in [0.3, 0.4) is 0 Å². The lowest BCUT2D eigenvalue weighted by atomic mass is 10.0. The van der Waals surface area contributed by atoms with Gasteiger partial charge in [0.1, 0.15) is 0 Å². The van der Waals surface area contributed by atoms with Crippen molar-refractivity contribution >= 4 is 35.0 Å². The molecule has 0 saturated heterocycles. The van der Waals surface area contributed by atoms with Crippen molar-refractivity contribution in [1.29, 1.82) is 0 Å². The minimum atomic E-state index is -0.442. The number of rotatable bonds is 6. The normalized spacial score (nSPS) is 11.5. The number of nitrogens with zero attached hydrogens (tertiary/aromatic N) is 1. The van der Waals surface area contributed by atoms with E-state index in [0.717, 1.165) is 11.1 Å². The molecule has 0 aliphatic heterocycles. The predicted octanol–water partition coefficient (Wildman–Crippen LogP) is 3.56. The number of amides is 3. The fourth-order valence-electron chi connectivity index (χ4n) is 2.70. The van der Waals surface area contributed by atoms with Gasteiger partial charge in [0.25, 0.3) is 5.91 Å². The molecule has 0 radical (unpaired) electrons. The average Bonchev–Trinajstić information content (AvgIpc) is 2.61. The molecule has 0 fully saturated rings. The molecule has 2 aromatic carbocycles. The maximum Gasteiger partial charge on any atom is 0.254 e. The second kappa shape index (κ2) is 9.37. The number of benzene rings is 2. The van der Waals surface area contributed by atoms with Gasteiger partial charge in [-0.1, -0.05) is 41.4 Å². The third-order valence-corrected chi connectivity index (χ3v) is 4.45. The van der Waals surface area contributed by atoms with E-state index in [1.807, 2.05) is 31.2 Å². The van der Waals surface area contributed by atoms with Crippen molar-refractivity contribution < 1.29 is 14.4 Å². The summed E-state index contributed by atoms with van der Waals surface area (Å²) in [6.07, 6.45) is 0.0681. The number of carbonyl (C=O) groups excluding carboxylic acids is 3. The molecule has 0 spiro atoms. The van der Waals surface area contributed by atoms with Crippen LogP contribution < -0.4 is 10.6 Å². The number of hydrogen-bond acceptors (Lipinski definition) is 3. The molecule has 3 amide bonds. The Kier molecular flexibility index (Phi) is 7.18. The van der Waals surface area contributed by atoms with E-state index in [9.17, 15) is 14.4 Å². The molecule has 0 aliphatic rings. The summed E-state index contributed by atoms with van der Waals surface area (Å²) in [6.45, 7) is 3.39. The van der Waals surface area contributed by atoms with Crippen LogP contribution in [0.4, 0.5) is 5.69 Å². The van der Waals surface area contributed by atoms with Crippen LogP contribution in [0, 0.1) is 6.92 Å². The minimum absolute atomic E-state index is 0.0681. The molecule has 28 heavy (non-hydrogen) atoms. The maximum absolute atomic E-state index is 12.5. The van der Waals surface area contributed by atoms with Crippen molar-refractivity contribution in [2.24, 2.45) is 0 Å². The zero-order valence-corrected chi connectivity index (χ0v) is 17.1. The predicted molar refractivity (Wildman–Crippen MR) is 110 cm³/mol. The lowest BCUT2D eigenvalue weighted by Crippen LogP contribution is -2.29. The highest BCUT2D eigenvalue weighted by Gasteiger charge is 2.18. The first kappa shape index (κ1) is 21.4. The molecule has 7 heteroatoms. The lowest BCUT2D eigenvalue weighted by Gasteiger charge is -2.18. The molecule has 1 unspecified atom stereocenters. The Labute approximate surface area is 169 Å². The van der Waals surface area contributed by atoms with Crippen molar-refractivity contribution in [1.82, 2.24) is 10.2 Å². The fourth-order valence-corrected chi connectivity index (χ4v) is 2.96. The van der Waals surface area contributed by atoms with Crippen LogP contribution in [0.15, 0.2) is 42.5 Å². The lowest BCUT2D eigenvalue weighted by molar-refractivity contribution is -0.120. The van der Waals surface area contributed by atoms with Gasteiger partial charge in [0.15, 0.2) is 0 Å². The molecule has 0 saturated carbocycles. The molecular weight excluding hydrogens is 378 g/mol. The molecular formula is C21H24ClN3O3. The van der Waals surface area contributed by atoms with Crippen LogP contribution in [-0.2, 0) is 9.59 Å². The van der Waals surface area contributed by atoms with Crippen molar-refractivity contribution in [3.63, 3.8) is 0 Å². The number of carbonyl (C=O) groups is 3. The molecule has 2 aromatic rings. The number of hydrogen-bond donors (Lipinski definition) is 2. The van der Waals surface area contributed by atoms with Crippen LogP contribution in [0.2, 0.25) is 5.02 Å². The van der Waals surface area contributed by atoms with Crippen molar-refractivity contribution in [2.75, 3.05) is 19.4 Å². The largest absolute Gasteiger partial charge is 0.349 e. The van der Waals surface area contributed by atoms with E-state index >= 15 is 0 Å². The quantitative estimate of drug-likeness (QED) is 0.776. The van der Waals surface area contributed by atoms with Gasteiger partial charge >= 0.3 is 0 Å². The maximum atomic E-state index is 12.5. The zero-order valence-electron chi connectivity index (χ0n) is 16.4. The highest BCUT2D eigenvalue weighted by Crippen LogP contribution is 2.23. The third kappa shape index (κ3) is 5.82. The Morgan fingerprint density at radius 1 is 1.07 bits per heavy atom. The molecule has 0 heterocycles. The van der Waals surface area contributed by atoms with Crippen LogP contribution >= 0.6 is 11.6 Å². The highest BCUT2D eigenvalue weighted by molar-refractivity contribution is 6.34. The zero-order chi connectivity index (χ0) is 20.8. The summed E-state index contributed by atoms with van der Waals surface area (Å²) < 4.78 is 0. The summed E-state index contributed by atoms with van der Waals surface area (Å²) in [6, 6.07) is 11.9. The van der Waals surface area contributed by atoms with Crippen LogP contribution in [-0.4, -0.2) is 36.7 Å². The van der Waals surface area contributed by atoms with Gasteiger partial charge < -0.3 is 15.5 Å². The molecule has 6 nitrogen and oxygen atoms in total. The Morgan fingerprint density at radius 3 is 2.25 bits per heavy atom. The van der Waals surface area contributed by atoms with E-state index in [0.29, 0.717) is 11.3 Å². The summed E-state index contributed by atoms with van der Waals surface area (Å²) >= 11 is 6.18. The molecule has 2 rings (SSSR count). The van der Waals surface area contributed by atoms with E-state index < -0.39 is 6.04 Å². The summed E-state index contributed by atoms with van der Waals surface area (Å²) in [5, 5.41) is 5.83. The van der Waals surface area contributed by atoms with Crippen molar-refractivity contribution in [2.45, 2.75) is 26.3 Å². The SMILES string of the molecule is CC(=O)NC(CC(=O)Nc1ccc(C(=O)N(C)C)c(Cl)c1)c1ccc(C)cc1. The topological polar surface area (TPSA) is 78.5 Å². The molecule has 1 atom stereocenters. The van der Waals surface area contributed by atoms with Gasteiger partial charge in [-0.2, -0.15) is 0 Å². The van der Waals surface area contributed by atoms with Crippen LogP contribution in [0.1, 0.15) is 40.9 Å². The van der Waals surface area contributed by atoms with Gasteiger partial charge in [0.05, 0.1) is 23.0 Å². The first-order valence-electron chi connectivity index (χ1n) is 8.82. The second-order valence-corrected chi connectivity index (χ2v) is 7.22. The molecule has 0 aromatic heterocycles. The Hall–Kier alpha value is -2.86. The number of anilines is 1.